The Hall–Kier alpha value is 0.210. The predicted octanol–water partition coefficient (Wildman–Crippen LogP) is 2.35. The normalized spacial score (nSPS) is 16.1. The van der Waals surface area contributed by atoms with Crippen molar-refractivity contribution in [2.24, 2.45) is 0 Å². The highest BCUT2D eigenvalue weighted by Gasteiger charge is 2.22. The van der Waals surface area contributed by atoms with Crippen LogP contribution >= 0.6 is 12.6 Å². The predicted molar refractivity (Wildman–Crippen MR) is 33.7 cm³/mol. The van der Waals surface area contributed by atoms with Gasteiger partial charge in [0.05, 0.1) is 0 Å². The molecule has 0 heterocycles. The zero-order chi connectivity index (χ0) is 6.78. The van der Waals surface area contributed by atoms with Crippen LogP contribution in [0.3, 0.4) is 0 Å². The second-order valence-electron chi connectivity index (χ2n) is 2.12. The van der Waals surface area contributed by atoms with Gasteiger partial charge in [0, 0.05) is 11.7 Å². The van der Waals surface area contributed by atoms with Gasteiger partial charge in [-0.2, -0.15) is 12.6 Å². The highest BCUT2D eigenvalue weighted by molar-refractivity contribution is 7.80. The summed E-state index contributed by atoms with van der Waals surface area (Å²) in [5.41, 5.74) is 0. The Labute approximate surface area is 53.7 Å². The van der Waals surface area contributed by atoms with Crippen molar-refractivity contribution in [1.29, 1.82) is 0 Å². The maximum Gasteiger partial charge on any atom is 0.246 e. The van der Waals surface area contributed by atoms with Crippen molar-refractivity contribution in [3.05, 3.63) is 0 Å². The van der Waals surface area contributed by atoms with Crippen molar-refractivity contribution >= 4 is 12.6 Å². The lowest BCUT2D eigenvalue weighted by Gasteiger charge is -2.10. The van der Waals surface area contributed by atoms with Gasteiger partial charge in [-0.1, -0.05) is 6.92 Å². The van der Waals surface area contributed by atoms with Crippen LogP contribution in [0.2, 0.25) is 0 Å². The van der Waals surface area contributed by atoms with Crippen LogP contribution < -0.4 is 0 Å². The third-order valence-corrected chi connectivity index (χ3v) is 0.836. The van der Waals surface area contributed by atoms with Crippen molar-refractivity contribution in [2.45, 2.75) is 31.4 Å². The van der Waals surface area contributed by atoms with Gasteiger partial charge in [0.25, 0.3) is 0 Å². The van der Waals surface area contributed by atoms with Crippen LogP contribution in [0, 0.1) is 0 Å². The molecular formula is C5H10F2S. The molecule has 0 aromatic carbocycles. The van der Waals surface area contributed by atoms with Gasteiger partial charge in [-0.3, -0.25) is 0 Å². The van der Waals surface area contributed by atoms with Crippen molar-refractivity contribution in [3.63, 3.8) is 0 Å². The van der Waals surface area contributed by atoms with E-state index in [0.29, 0.717) is 0 Å². The van der Waals surface area contributed by atoms with Crippen molar-refractivity contribution in [3.8, 4) is 0 Å². The first-order chi connectivity index (χ1) is 3.42. The van der Waals surface area contributed by atoms with Crippen LogP contribution in [0.15, 0.2) is 0 Å². The minimum Gasteiger partial charge on any atom is -0.207 e. The SMILES string of the molecule is CC(S)CC(C)(F)F. The summed E-state index contributed by atoms with van der Waals surface area (Å²) < 4.78 is 23.8. The first-order valence-corrected chi connectivity index (χ1v) is 2.99. The van der Waals surface area contributed by atoms with Crippen LogP contribution in [-0.2, 0) is 0 Å². The van der Waals surface area contributed by atoms with E-state index in [1.54, 1.807) is 6.92 Å². The Morgan fingerprint density at radius 1 is 1.62 bits per heavy atom. The van der Waals surface area contributed by atoms with Gasteiger partial charge < -0.3 is 0 Å². The summed E-state index contributed by atoms with van der Waals surface area (Å²) in [6, 6.07) is 0. The average Bonchev–Trinajstić information content (AvgIpc) is 1.21. The molecule has 0 aliphatic carbocycles. The van der Waals surface area contributed by atoms with Gasteiger partial charge >= 0.3 is 0 Å². The maximum absolute atomic E-state index is 11.9. The van der Waals surface area contributed by atoms with Crippen molar-refractivity contribution < 1.29 is 8.78 Å². The van der Waals surface area contributed by atoms with E-state index in [4.69, 9.17) is 0 Å². The molecule has 0 saturated heterocycles. The first kappa shape index (κ1) is 8.21. The molecule has 0 radical (unpaired) electrons. The molecule has 0 rings (SSSR count). The summed E-state index contributed by atoms with van der Waals surface area (Å²) in [6.45, 7) is 2.56. The minimum absolute atomic E-state index is 0.143. The van der Waals surface area contributed by atoms with Gasteiger partial charge in [-0.25, -0.2) is 8.78 Å². The molecule has 1 atom stereocenters. The lowest BCUT2D eigenvalue weighted by atomic mass is 10.2. The summed E-state index contributed by atoms with van der Waals surface area (Å²) in [7, 11) is 0. The molecule has 0 bridgehead atoms. The Morgan fingerprint density at radius 3 is 2.00 bits per heavy atom. The summed E-state index contributed by atoms with van der Waals surface area (Å²) in [6.07, 6.45) is -0.143. The molecule has 50 valence electrons. The Balaban J connectivity index is 3.39. The molecule has 1 unspecified atom stereocenters. The van der Waals surface area contributed by atoms with E-state index in [1.807, 2.05) is 0 Å². The minimum atomic E-state index is -2.55. The van der Waals surface area contributed by atoms with Gasteiger partial charge in [0.2, 0.25) is 5.92 Å². The maximum atomic E-state index is 11.9. The summed E-state index contributed by atoms with van der Waals surface area (Å²) in [5, 5.41) is -0.213. The fourth-order valence-corrected chi connectivity index (χ4v) is 0.839. The average molecular weight is 140 g/mol. The van der Waals surface area contributed by atoms with E-state index in [2.05, 4.69) is 12.6 Å². The van der Waals surface area contributed by atoms with Crippen molar-refractivity contribution in [1.82, 2.24) is 0 Å². The molecule has 8 heavy (non-hydrogen) atoms. The Kier molecular flexibility index (Phi) is 2.74. The molecule has 0 aliphatic heterocycles. The molecule has 0 spiro atoms. The number of halogens is 2. The van der Waals surface area contributed by atoms with E-state index in [1.165, 1.54) is 0 Å². The molecule has 3 heteroatoms. The lowest BCUT2D eigenvalue weighted by molar-refractivity contribution is 0.0140. The fraction of sp³-hybridized carbons (Fsp3) is 1.00. The van der Waals surface area contributed by atoms with Crippen LogP contribution in [0.1, 0.15) is 20.3 Å². The lowest BCUT2D eigenvalue weighted by Crippen LogP contribution is -2.14. The highest BCUT2D eigenvalue weighted by atomic mass is 32.1. The summed E-state index contributed by atoms with van der Waals surface area (Å²) >= 11 is 3.81. The molecule has 0 saturated carbocycles. The van der Waals surface area contributed by atoms with Crippen LogP contribution in [-0.4, -0.2) is 11.2 Å². The second kappa shape index (κ2) is 2.67. The standard InChI is InChI=1S/C5H10F2S/c1-4(8)3-5(2,6)7/h4,8H,3H2,1-2H3. The van der Waals surface area contributed by atoms with E-state index in [0.717, 1.165) is 6.92 Å². The second-order valence-corrected chi connectivity index (χ2v) is 3.00. The molecule has 0 nitrogen and oxygen atoms in total. The van der Waals surface area contributed by atoms with Crippen molar-refractivity contribution in [2.75, 3.05) is 0 Å². The molecule has 0 aliphatic rings. The van der Waals surface area contributed by atoms with E-state index < -0.39 is 5.92 Å². The van der Waals surface area contributed by atoms with Gasteiger partial charge in [-0.05, 0) is 6.92 Å². The van der Waals surface area contributed by atoms with Crippen LogP contribution in [0.5, 0.6) is 0 Å². The third kappa shape index (κ3) is 6.21. The molecule has 0 N–H and O–H groups in total. The van der Waals surface area contributed by atoms with Gasteiger partial charge in [-0.15, -0.1) is 0 Å². The number of hydrogen-bond acceptors (Lipinski definition) is 1. The monoisotopic (exact) mass is 140 g/mol. The molecular weight excluding hydrogens is 130 g/mol. The molecule has 0 amide bonds. The Morgan fingerprint density at radius 2 is 2.00 bits per heavy atom. The summed E-state index contributed by atoms with van der Waals surface area (Å²) in [4.78, 5) is 0. The zero-order valence-corrected chi connectivity index (χ0v) is 5.88. The quantitative estimate of drug-likeness (QED) is 0.559. The molecule has 0 fully saturated rings. The van der Waals surface area contributed by atoms with Crippen LogP contribution in [0.25, 0.3) is 0 Å². The van der Waals surface area contributed by atoms with Crippen LogP contribution in [0.4, 0.5) is 8.78 Å². The van der Waals surface area contributed by atoms with E-state index in [9.17, 15) is 8.78 Å². The number of hydrogen-bond donors (Lipinski definition) is 1. The number of rotatable bonds is 2. The molecule has 0 aromatic rings. The highest BCUT2D eigenvalue weighted by Crippen LogP contribution is 2.20. The largest absolute Gasteiger partial charge is 0.246 e. The smallest absolute Gasteiger partial charge is 0.207 e. The molecule has 0 aromatic heterocycles. The van der Waals surface area contributed by atoms with Gasteiger partial charge in [0.15, 0.2) is 0 Å². The van der Waals surface area contributed by atoms with Gasteiger partial charge in [0.1, 0.15) is 0 Å². The number of thiol groups is 1. The summed E-state index contributed by atoms with van der Waals surface area (Å²) in [5.74, 6) is -2.55. The third-order valence-electron chi connectivity index (χ3n) is 0.654. The van der Waals surface area contributed by atoms with E-state index >= 15 is 0 Å². The zero-order valence-electron chi connectivity index (χ0n) is 4.99. The Bertz CT molecular complexity index is 65.3. The number of alkyl halides is 2. The fourth-order valence-electron chi connectivity index (χ4n) is 0.519. The first-order valence-electron chi connectivity index (χ1n) is 2.48. The topological polar surface area (TPSA) is 0 Å². The van der Waals surface area contributed by atoms with E-state index in [-0.39, 0.29) is 11.7 Å².